The first-order chi connectivity index (χ1) is 29.0. The molecule has 0 saturated heterocycles. The van der Waals surface area contributed by atoms with Gasteiger partial charge in [0.2, 0.25) is 0 Å². The summed E-state index contributed by atoms with van der Waals surface area (Å²) in [5.74, 6) is 1.76. The molecule has 5 nitrogen and oxygen atoms in total. The largest absolute Gasteiger partial charge is 2.00 e. The van der Waals surface area contributed by atoms with Gasteiger partial charge in [-0.15, -0.1) is 34.8 Å². The molecule has 0 unspecified atom stereocenters. The van der Waals surface area contributed by atoms with E-state index in [2.05, 4.69) is 193 Å². The molecule has 0 radical (unpaired) electrons. The SMILES string of the molecule is CC1(C)c2ccccc2Oc2ccc3c4cccnc4n(-c4[c-]c([Si](c5[c-]c6c(cc5)c5ccccc5n5ccnc65)(c5ccccc5)c5ccccc5)ccc4)c3c21.[Pt+2]. The molecule has 60 heavy (non-hydrogen) atoms. The number of aromatic nitrogens is 4. The monoisotopic (exact) mass is 967 g/mol. The van der Waals surface area contributed by atoms with E-state index in [0.717, 1.165) is 82.6 Å². The summed E-state index contributed by atoms with van der Waals surface area (Å²) in [4.78, 5) is 10.0. The molecule has 0 spiro atoms. The van der Waals surface area contributed by atoms with Crippen LogP contribution in [0.1, 0.15) is 25.0 Å². The number of benzene rings is 7. The normalized spacial score (nSPS) is 13.3. The number of hydrogen-bond acceptors (Lipinski definition) is 3. The molecule has 0 amide bonds. The fourth-order valence-electron chi connectivity index (χ4n) is 9.99. The first-order valence-corrected chi connectivity index (χ1v) is 22.1. The van der Waals surface area contributed by atoms with Crippen LogP contribution < -0.4 is 25.5 Å². The maximum Gasteiger partial charge on any atom is 2.00 e. The quantitative estimate of drug-likeness (QED) is 0.0748. The minimum Gasteiger partial charge on any atom is -0.457 e. The Hall–Kier alpha value is -6.59. The predicted octanol–water partition coefficient (Wildman–Crippen LogP) is 9.54. The third-order valence-corrected chi connectivity index (χ3v) is 17.2. The van der Waals surface area contributed by atoms with Crippen molar-refractivity contribution < 1.29 is 25.8 Å². The second kappa shape index (κ2) is 13.7. The Bertz CT molecular complexity index is 3430. The second-order valence-corrected chi connectivity index (χ2v) is 19.7. The number of ether oxygens (including phenoxy) is 1. The summed E-state index contributed by atoms with van der Waals surface area (Å²) < 4.78 is 11.2. The van der Waals surface area contributed by atoms with Crippen LogP contribution >= 0.6 is 0 Å². The zero-order chi connectivity index (χ0) is 39.3. The number of rotatable bonds is 5. The molecule has 0 aliphatic carbocycles. The van der Waals surface area contributed by atoms with Gasteiger partial charge in [0.1, 0.15) is 25.2 Å². The van der Waals surface area contributed by atoms with Crippen molar-refractivity contribution in [1.29, 1.82) is 0 Å². The van der Waals surface area contributed by atoms with E-state index in [9.17, 15) is 0 Å². The van der Waals surface area contributed by atoms with Crippen molar-refractivity contribution in [2.75, 3.05) is 0 Å². The number of fused-ring (bicyclic) bond motifs is 12. The van der Waals surface area contributed by atoms with E-state index in [1.54, 1.807) is 0 Å². The minimum atomic E-state index is -3.14. The van der Waals surface area contributed by atoms with E-state index in [1.807, 2.05) is 24.5 Å². The standard InChI is InChI=1S/C53H36N4OSi.Pt/c1-53(2)45-23-10-12-25-47(45)58-48-29-28-42-43-22-14-30-54-52(43)57(50(42)49(48)53)35-15-13-20-38(33-35)59(36-16-5-3-6-17-36,37-18-7-4-8-19-37)39-26-27-40-41-21-9-11-24-46(41)56-32-31-55-51(56)44(40)34-39;/h3-32H,1-2H3;/q-2;+2. The Morgan fingerprint density at radius 1 is 0.550 bits per heavy atom. The third-order valence-electron chi connectivity index (χ3n) is 12.6. The van der Waals surface area contributed by atoms with Gasteiger partial charge < -0.3 is 13.7 Å². The van der Waals surface area contributed by atoms with E-state index in [0.29, 0.717) is 0 Å². The summed E-state index contributed by atoms with van der Waals surface area (Å²) in [6, 6.07) is 67.0. The molecular weight excluding hydrogens is 932 g/mol. The van der Waals surface area contributed by atoms with Gasteiger partial charge in [-0.05, 0) is 52.2 Å². The molecular formula is C53H36N4OPtSi. The van der Waals surface area contributed by atoms with E-state index in [4.69, 9.17) is 14.7 Å². The molecule has 7 aromatic carbocycles. The topological polar surface area (TPSA) is 44.4 Å². The summed E-state index contributed by atoms with van der Waals surface area (Å²) in [7, 11) is -3.14. The van der Waals surface area contributed by atoms with Crippen molar-refractivity contribution in [3.8, 4) is 17.2 Å². The van der Waals surface area contributed by atoms with Gasteiger partial charge in [0.05, 0.1) is 11.2 Å². The van der Waals surface area contributed by atoms with Crippen molar-refractivity contribution >= 4 is 78.1 Å². The van der Waals surface area contributed by atoms with Crippen molar-refractivity contribution in [1.82, 2.24) is 18.9 Å². The van der Waals surface area contributed by atoms with Gasteiger partial charge in [-0.25, -0.2) is 4.98 Å². The maximum absolute atomic E-state index is 6.70. The summed E-state index contributed by atoms with van der Waals surface area (Å²) in [5.41, 5.74) is 6.86. The predicted molar refractivity (Wildman–Crippen MR) is 242 cm³/mol. The Morgan fingerprint density at radius 2 is 1.23 bits per heavy atom. The smallest absolute Gasteiger partial charge is 0.457 e. The minimum absolute atomic E-state index is 0. The summed E-state index contributed by atoms with van der Waals surface area (Å²) in [6.45, 7) is 4.61. The van der Waals surface area contributed by atoms with Gasteiger partial charge in [0, 0.05) is 51.4 Å². The van der Waals surface area contributed by atoms with Crippen molar-refractivity contribution in [2.45, 2.75) is 19.3 Å². The summed E-state index contributed by atoms with van der Waals surface area (Å²) >= 11 is 0. The van der Waals surface area contributed by atoms with Crippen LogP contribution in [0.4, 0.5) is 0 Å². The first kappa shape index (κ1) is 36.5. The molecule has 1 aliphatic rings. The van der Waals surface area contributed by atoms with E-state index in [-0.39, 0.29) is 26.5 Å². The molecule has 4 aromatic heterocycles. The molecule has 7 heteroatoms. The fourth-order valence-corrected chi connectivity index (χ4v) is 14.5. The number of hydrogen-bond donors (Lipinski definition) is 0. The molecule has 1 aliphatic heterocycles. The van der Waals surface area contributed by atoms with Crippen molar-refractivity contribution in [3.05, 3.63) is 206 Å². The number of para-hydroxylation sites is 2. The molecule has 11 aromatic rings. The van der Waals surface area contributed by atoms with Crippen molar-refractivity contribution in [2.24, 2.45) is 0 Å². The van der Waals surface area contributed by atoms with Gasteiger partial charge in [0.15, 0.2) is 0 Å². The Balaban J connectivity index is 0.00000408. The van der Waals surface area contributed by atoms with Crippen molar-refractivity contribution in [3.63, 3.8) is 0 Å². The molecule has 12 rings (SSSR count). The van der Waals surface area contributed by atoms with Gasteiger partial charge in [-0.1, -0.05) is 122 Å². The number of pyridine rings is 2. The van der Waals surface area contributed by atoms with E-state index < -0.39 is 8.07 Å². The van der Waals surface area contributed by atoms with Crippen LogP contribution in [0.15, 0.2) is 182 Å². The zero-order valence-corrected chi connectivity index (χ0v) is 36.1. The van der Waals surface area contributed by atoms with Gasteiger partial charge in [-0.3, -0.25) is 4.98 Å². The molecule has 0 fully saturated rings. The third kappa shape index (κ3) is 5.08. The van der Waals surface area contributed by atoms with E-state index >= 15 is 0 Å². The van der Waals surface area contributed by atoms with Gasteiger partial charge in [-0.2, -0.15) is 23.4 Å². The van der Waals surface area contributed by atoms with Crippen LogP contribution in [0, 0.1) is 12.1 Å². The first-order valence-electron chi connectivity index (χ1n) is 20.1. The average molecular weight is 968 g/mol. The molecule has 0 bridgehead atoms. The van der Waals surface area contributed by atoms with Crippen LogP contribution in [-0.2, 0) is 26.5 Å². The molecule has 288 valence electrons. The van der Waals surface area contributed by atoms with Crippen LogP contribution in [0.2, 0.25) is 0 Å². The van der Waals surface area contributed by atoms with Gasteiger partial charge in [0.25, 0.3) is 0 Å². The maximum atomic E-state index is 6.70. The van der Waals surface area contributed by atoms with Crippen LogP contribution in [0.3, 0.4) is 0 Å². The Morgan fingerprint density at radius 3 is 2.05 bits per heavy atom. The Labute approximate surface area is 362 Å². The number of nitrogens with zero attached hydrogens (tertiary/aromatic N) is 4. The van der Waals surface area contributed by atoms with Crippen LogP contribution in [0.25, 0.3) is 54.9 Å². The van der Waals surface area contributed by atoms with Gasteiger partial charge >= 0.3 is 21.1 Å². The molecule has 0 saturated carbocycles. The van der Waals surface area contributed by atoms with E-state index in [1.165, 1.54) is 15.8 Å². The van der Waals surface area contributed by atoms with Crippen LogP contribution in [-0.4, -0.2) is 27.0 Å². The average Bonchev–Trinajstić information content (AvgIpc) is 3.92. The fraction of sp³-hybridized carbons (Fsp3) is 0.0566. The second-order valence-electron chi connectivity index (χ2n) is 16.0. The zero-order valence-electron chi connectivity index (χ0n) is 32.8. The molecule has 5 heterocycles. The summed E-state index contributed by atoms with van der Waals surface area (Å²) in [5, 5.41) is 10.3. The Kier molecular flexibility index (Phi) is 8.35. The number of imidazole rings is 1. The molecule has 0 atom stereocenters. The van der Waals surface area contributed by atoms with Crippen LogP contribution in [0.5, 0.6) is 11.5 Å². The summed E-state index contributed by atoms with van der Waals surface area (Å²) in [6.07, 6.45) is 5.83. The molecule has 0 N–H and O–H groups in total.